The first-order chi connectivity index (χ1) is 14.7. The Morgan fingerprint density at radius 3 is 2.80 bits per heavy atom. The van der Waals surface area contributed by atoms with Gasteiger partial charge in [0.2, 0.25) is 5.95 Å². The molecule has 3 heterocycles. The first kappa shape index (κ1) is 17.9. The molecular weight excluding hydrogens is 414 g/mol. The Morgan fingerprint density at radius 1 is 1.07 bits per heavy atom. The Kier molecular flexibility index (Phi) is 4.08. The van der Waals surface area contributed by atoms with Crippen molar-refractivity contribution in [2.75, 3.05) is 5.32 Å². The number of thiophene rings is 1. The fraction of sp³-hybridized carbons (Fsp3) is 0.167. The number of fused-ring (bicyclic) bond motifs is 3. The van der Waals surface area contributed by atoms with E-state index < -0.39 is 0 Å². The fourth-order valence-corrected chi connectivity index (χ4v) is 5.77. The molecule has 1 aliphatic heterocycles. The molecule has 0 spiro atoms. The Labute approximate surface area is 182 Å². The third kappa shape index (κ3) is 2.73. The molecule has 2 aromatic carbocycles. The number of rotatable bonds is 2. The maximum absolute atomic E-state index is 13.5. The molecule has 0 unspecified atom stereocenters. The number of benzene rings is 2. The van der Waals surface area contributed by atoms with Crippen molar-refractivity contribution in [2.24, 2.45) is 0 Å². The van der Waals surface area contributed by atoms with Crippen LogP contribution >= 0.6 is 22.9 Å². The summed E-state index contributed by atoms with van der Waals surface area (Å²) < 4.78 is 2.14. The molecule has 2 atom stereocenters. The monoisotopic (exact) mass is 431 g/mol. The van der Waals surface area contributed by atoms with Gasteiger partial charge in [0.1, 0.15) is 0 Å². The van der Waals surface area contributed by atoms with Gasteiger partial charge in [-0.15, -0.1) is 11.3 Å². The van der Waals surface area contributed by atoms with Gasteiger partial charge in [0.15, 0.2) is 5.78 Å². The number of carbonyl (C=O) groups is 1. The summed E-state index contributed by atoms with van der Waals surface area (Å²) in [4.78, 5) is 19.6. The van der Waals surface area contributed by atoms with Gasteiger partial charge >= 0.3 is 0 Å². The topological polar surface area (TPSA) is 46.9 Å². The van der Waals surface area contributed by atoms with Crippen molar-refractivity contribution in [3.8, 4) is 0 Å². The summed E-state index contributed by atoms with van der Waals surface area (Å²) in [5, 5.41) is 6.25. The van der Waals surface area contributed by atoms with Crippen molar-refractivity contribution in [3.63, 3.8) is 0 Å². The van der Waals surface area contributed by atoms with Crippen LogP contribution in [-0.4, -0.2) is 15.3 Å². The van der Waals surface area contributed by atoms with Gasteiger partial charge in [-0.3, -0.25) is 9.36 Å². The van der Waals surface area contributed by atoms with Crippen molar-refractivity contribution >= 4 is 45.7 Å². The number of ketones is 1. The van der Waals surface area contributed by atoms with E-state index in [9.17, 15) is 4.79 Å². The molecule has 6 heteroatoms. The average Bonchev–Trinajstić information content (AvgIpc) is 3.40. The van der Waals surface area contributed by atoms with Gasteiger partial charge in [-0.05, 0) is 47.7 Å². The fourth-order valence-electron chi connectivity index (χ4n) is 4.74. The molecule has 0 saturated heterocycles. The van der Waals surface area contributed by atoms with Crippen LogP contribution in [0.5, 0.6) is 0 Å². The number of carbonyl (C=O) groups excluding carboxylic acids is 1. The Morgan fingerprint density at radius 2 is 1.97 bits per heavy atom. The number of hydrogen-bond donors (Lipinski definition) is 1. The van der Waals surface area contributed by atoms with E-state index in [0.717, 1.165) is 40.2 Å². The lowest BCUT2D eigenvalue weighted by atomic mass is 9.80. The highest BCUT2D eigenvalue weighted by Gasteiger charge is 2.39. The maximum atomic E-state index is 13.5. The number of anilines is 1. The van der Waals surface area contributed by atoms with Crippen LogP contribution in [-0.2, 0) is 4.79 Å². The van der Waals surface area contributed by atoms with E-state index in [1.807, 2.05) is 42.5 Å². The van der Waals surface area contributed by atoms with Crippen LogP contribution in [0.2, 0.25) is 5.02 Å². The van der Waals surface area contributed by atoms with Crippen molar-refractivity contribution in [3.05, 3.63) is 92.8 Å². The van der Waals surface area contributed by atoms with E-state index in [1.165, 1.54) is 4.88 Å². The molecule has 0 bridgehead atoms. The lowest BCUT2D eigenvalue weighted by molar-refractivity contribution is -0.116. The quantitative estimate of drug-likeness (QED) is 0.413. The highest BCUT2D eigenvalue weighted by Crippen LogP contribution is 2.46. The Bertz CT molecular complexity index is 1320. The number of para-hydroxylation sites is 2. The zero-order valence-electron chi connectivity index (χ0n) is 16.0. The highest BCUT2D eigenvalue weighted by atomic mass is 35.5. The number of nitrogens with zero attached hydrogens (tertiary/aromatic N) is 2. The number of Topliss-reactive ketones (excluding diaryl/α,β-unsaturated/α-hetero) is 1. The number of halogens is 1. The summed E-state index contributed by atoms with van der Waals surface area (Å²) in [6.45, 7) is 0. The Balaban J connectivity index is 1.56. The van der Waals surface area contributed by atoms with Crippen LogP contribution < -0.4 is 5.32 Å². The third-order valence-corrected chi connectivity index (χ3v) is 7.28. The molecule has 1 aliphatic carbocycles. The van der Waals surface area contributed by atoms with Crippen molar-refractivity contribution in [2.45, 2.75) is 24.8 Å². The SMILES string of the molecule is O=C1C[C@@H](c2cccs2)CC2=C1[C@H](c1cccc(Cl)c1)n1c(nc3ccccc31)N2. The smallest absolute Gasteiger partial charge is 0.209 e. The third-order valence-electron chi connectivity index (χ3n) is 6.01. The largest absolute Gasteiger partial charge is 0.329 e. The van der Waals surface area contributed by atoms with Gasteiger partial charge in [0, 0.05) is 33.5 Å². The number of allylic oxidation sites excluding steroid dienone is 2. The molecule has 0 radical (unpaired) electrons. The van der Waals surface area contributed by atoms with Gasteiger partial charge in [0.05, 0.1) is 17.1 Å². The van der Waals surface area contributed by atoms with Gasteiger partial charge in [0.25, 0.3) is 0 Å². The number of nitrogens with one attached hydrogen (secondary N) is 1. The van der Waals surface area contributed by atoms with E-state index >= 15 is 0 Å². The summed E-state index contributed by atoms with van der Waals surface area (Å²) >= 11 is 8.06. The molecule has 148 valence electrons. The van der Waals surface area contributed by atoms with Gasteiger partial charge in [-0.25, -0.2) is 4.98 Å². The number of imidazole rings is 1. The molecule has 0 amide bonds. The summed E-state index contributed by atoms with van der Waals surface area (Å²) in [6.07, 6.45) is 1.34. The van der Waals surface area contributed by atoms with Crippen molar-refractivity contribution < 1.29 is 4.79 Å². The predicted molar refractivity (Wildman–Crippen MR) is 121 cm³/mol. The molecule has 2 aromatic heterocycles. The van der Waals surface area contributed by atoms with Crippen LogP contribution in [0.25, 0.3) is 11.0 Å². The second-order valence-electron chi connectivity index (χ2n) is 7.81. The molecule has 1 N–H and O–H groups in total. The van der Waals surface area contributed by atoms with E-state index in [4.69, 9.17) is 16.6 Å². The van der Waals surface area contributed by atoms with Gasteiger partial charge < -0.3 is 5.32 Å². The van der Waals surface area contributed by atoms with Crippen LogP contribution in [0, 0.1) is 0 Å². The highest BCUT2D eigenvalue weighted by molar-refractivity contribution is 7.10. The zero-order valence-corrected chi connectivity index (χ0v) is 17.6. The van der Waals surface area contributed by atoms with E-state index in [2.05, 4.69) is 33.5 Å². The minimum absolute atomic E-state index is 0.190. The molecule has 6 rings (SSSR count). The minimum Gasteiger partial charge on any atom is -0.329 e. The molecular formula is C24H18ClN3OS. The maximum Gasteiger partial charge on any atom is 0.209 e. The first-order valence-electron chi connectivity index (χ1n) is 9.98. The van der Waals surface area contributed by atoms with Crippen LogP contribution in [0.3, 0.4) is 0 Å². The second-order valence-corrected chi connectivity index (χ2v) is 9.23. The van der Waals surface area contributed by atoms with Crippen LogP contribution in [0.1, 0.15) is 35.2 Å². The standard InChI is InChI=1S/C24H18ClN3OS/c25-16-6-3-5-14(11-16)23-22-18(12-15(13-20(22)29)21-9-4-10-30-21)27-24-26-17-7-1-2-8-19(17)28(23)24/h1-11,15,23H,12-13H2,(H,26,27)/t15-,23-/m0/s1. The van der Waals surface area contributed by atoms with Crippen molar-refractivity contribution in [1.82, 2.24) is 9.55 Å². The van der Waals surface area contributed by atoms with Crippen LogP contribution in [0.15, 0.2) is 77.3 Å². The molecule has 0 fully saturated rings. The van der Waals surface area contributed by atoms with Gasteiger partial charge in [-0.1, -0.05) is 41.9 Å². The summed E-state index contributed by atoms with van der Waals surface area (Å²) in [5.41, 5.74) is 4.74. The lowest BCUT2D eigenvalue weighted by Gasteiger charge is -2.36. The van der Waals surface area contributed by atoms with E-state index in [1.54, 1.807) is 11.3 Å². The summed E-state index contributed by atoms with van der Waals surface area (Å²) in [6, 6.07) is 19.8. The van der Waals surface area contributed by atoms with Gasteiger partial charge in [-0.2, -0.15) is 0 Å². The first-order valence-corrected chi connectivity index (χ1v) is 11.2. The van der Waals surface area contributed by atoms with Crippen molar-refractivity contribution in [1.29, 1.82) is 0 Å². The normalized spacial score (nSPS) is 20.8. The number of hydrogen-bond acceptors (Lipinski definition) is 4. The lowest BCUT2D eigenvalue weighted by Crippen LogP contribution is -2.33. The van der Waals surface area contributed by atoms with Crippen LogP contribution in [0.4, 0.5) is 5.95 Å². The average molecular weight is 432 g/mol. The second kappa shape index (κ2) is 6.83. The molecule has 2 aliphatic rings. The molecule has 0 saturated carbocycles. The summed E-state index contributed by atoms with van der Waals surface area (Å²) in [5.74, 6) is 1.18. The number of aromatic nitrogens is 2. The minimum atomic E-state index is -0.237. The Hall–Kier alpha value is -2.89. The van der Waals surface area contributed by atoms with E-state index in [-0.39, 0.29) is 17.7 Å². The summed E-state index contributed by atoms with van der Waals surface area (Å²) in [7, 11) is 0. The molecule has 30 heavy (non-hydrogen) atoms. The zero-order chi connectivity index (χ0) is 20.2. The molecule has 4 nitrogen and oxygen atoms in total. The van der Waals surface area contributed by atoms with E-state index in [0.29, 0.717) is 11.4 Å². The molecule has 4 aromatic rings. The predicted octanol–water partition coefficient (Wildman–Crippen LogP) is 6.17.